The van der Waals surface area contributed by atoms with E-state index in [2.05, 4.69) is 90.7 Å². The number of aryl methyl sites for hydroxylation is 1. The van der Waals surface area contributed by atoms with E-state index in [9.17, 15) is 0 Å². The van der Waals surface area contributed by atoms with Crippen molar-refractivity contribution in [2.45, 2.75) is 20.0 Å². The van der Waals surface area contributed by atoms with Crippen molar-refractivity contribution in [2.24, 2.45) is 0 Å². The van der Waals surface area contributed by atoms with Gasteiger partial charge in [-0.25, -0.2) is 0 Å². The van der Waals surface area contributed by atoms with Crippen molar-refractivity contribution in [3.63, 3.8) is 0 Å². The molecule has 3 aromatic rings. The standard InChI is InChI=1S/C21H20N.BrH.Mg/c1-18-9-8-14-21(15-18)22(16-19-10-4-2-5-11-19)17-20-12-6-3-7-13-20;;/h2-13,15H,16-17H2,1H3;1H;/q-1;;+2/p-1. The Kier molecular flexibility index (Phi) is 9.12. The molecule has 0 aromatic heterocycles. The van der Waals surface area contributed by atoms with Gasteiger partial charge in [-0.3, -0.25) is 0 Å². The van der Waals surface area contributed by atoms with Crippen LogP contribution in [0.2, 0.25) is 0 Å². The summed E-state index contributed by atoms with van der Waals surface area (Å²) in [6.07, 6.45) is 0. The molecule has 24 heavy (non-hydrogen) atoms. The maximum absolute atomic E-state index is 3.38. The Hall–Kier alpha value is -1.29. The monoisotopic (exact) mass is 389 g/mol. The molecular weight excluding hydrogens is 370 g/mol. The molecule has 118 valence electrons. The van der Waals surface area contributed by atoms with Crippen molar-refractivity contribution in [1.82, 2.24) is 0 Å². The molecule has 0 saturated heterocycles. The van der Waals surface area contributed by atoms with E-state index in [4.69, 9.17) is 0 Å². The molecule has 0 amide bonds. The zero-order valence-electron chi connectivity index (χ0n) is 14.0. The molecule has 0 saturated carbocycles. The summed E-state index contributed by atoms with van der Waals surface area (Å²) < 4.78 is 0. The van der Waals surface area contributed by atoms with E-state index < -0.39 is 0 Å². The topological polar surface area (TPSA) is 3.24 Å². The average molecular weight is 391 g/mol. The van der Waals surface area contributed by atoms with Crippen molar-refractivity contribution in [3.05, 3.63) is 102 Å². The summed E-state index contributed by atoms with van der Waals surface area (Å²) >= 11 is 0. The fourth-order valence-electron chi connectivity index (χ4n) is 2.58. The van der Waals surface area contributed by atoms with Crippen molar-refractivity contribution < 1.29 is 17.0 Å². The molecule has 0 aliphatic rings. The van der Waals surface area contributed by atoms with Gasteiger partial charge < -0.3 is 21.9 Å². The minimum Gasteiger partial charge on any atom is -1.00 e. The van der Waals surface area contributed by atoms with Gasteiger partial charge in [0.25, 0.3) is 0 Å². The average Bonchev–Trinajstić information content (AvgIpc) is 2.56. The van der Waals surface area contributed by atoms with Crippen LogP contribution in [0.5, 0.6) is 0 Å². The Morgan fingerprint density at radius 1 is 0.792 bits per heavy atom. The van der Waals surface area contributed by atoms with Crippen LogP contribution in [0.1, 0.15) is 16.7 Å². The maximum Gasteiger partial charge on any atom is 2.00 e. The van der Waals surface area contributed by atoms with Gasteiger partial charge in [-0.1, -0.05) is 73.3 Å². The van der Waals surface area contributed by atoms with Crippen molar-refractivity contribution in [1.29, 1.82) is 0 Å². The molecule has 0 aliphatic carbocycles. The van der Waals surface area contributed by atoms with Gasteiger partial charge >= 0.3 is 23.1 Å². The largest absolute Gasteiger partial charge is 2.00 e. The summed E-state index contributed by atoms with van der Waals surface area (Å²) in [6, 6.07) is 30.9. The maximum atomic E-state index is 3.38. The molecule has 0 spiro atoms. The van der Waals surface area contributed by atoms with E-state index >= 15 is 0 Å². The molecule has 3 heteroatoms. The fraction of sp³-hybridized carbons (Fsp3) is 0.143. The van der Waals surface area contributed by atoms with E-state index in [-0.39, 0.29) is 40.0 Å². The van der Waals surface area contributed by atoms with E-state index in [1.807, 2.05) is 6.07 Å². The Morgan fingerprint density at radius 2 is 1.29 bits per heavy atom. The van der Waals surface area contributed by atoms with Crippen molar-refractivity contribution >= 4 is 28.7 Å². The normalized spacial score (nSPS) is 9.54. The number of anilines is 1. The van der Waals surface area contributed by atoms with Gasteiger partial charge in [-0.2, -0.15) is 23.8 Å². The molecule has 0 fully saturated rings. The molecule has 3 rings (SSSR count). The quantitative estimate of drug-likeness (QED) is 0.473. The molecule has 0 aliphatic heterocycles. The summed E-state index contributed by atoms with van der Waals surface area (Å²) in [6.45, 7) is 3.89. The summed E-state index contributed by atoms with van der Waals surface area (Å²) in [5, 5.41) is 0. The first-order valence-electron chi connectivity index (χ1n) is 7.62. The van der Waals surface area contributed by atoms with Crippen LogP contribution in [0.3, 0.4) is 0 Å². The molecule has 0 bridgehead atoms. The van der Waals surface area contributed by atoms with Gasteiger partial charge in [0.05, 0.1) is 0 Å². The number of rotatable bonds is 5. The van der Waals surface area contributed by atoms with Crippen LogP contribution < -0.4 is 21.9 Å². The van der Waals surface area contributed by atoms with Crippen molar-refractivity contribution in [2.75, 3.05) is 4.90 Å². The third-order valence-corrected chi connectivity index (χ3v) is 3.72. The summed E-state index contributed by atoms with van der Waals surface area (Å²) in [5.41, 5.74) is 5.04. The number of nitrogens with zero attached hydrogens (tertiary/aromatic N) is 1. The van der Waals surface area contributed by atoms with Crippen LogP contribution in [0.4, 0.5) is 5.69 Å². The molecule has 0 atom stereocenters. The fourth-order valence-corrected chi connectivity index (χ4v) is 2.58. The predicted molar refractivity (Wildman–Crippen MR) is 98.5 cm³/mol. The smallest absolute Gasteiger partial charge is 1.00 e. The molecule has 3 aromatic carbocycles. The third kappa shape index (κ3) is 5.97. The predicted octanol–water partition coefficient (Wildman–Crippen LogP) is 1.63. The Morgan fingerprint density at radius 3 is 1.75 bits per heavy atom. The summed E-state index contributed by atoms with van der Waals surface area (Å²) in [5.74, 6) is 0. The van der Waals surface area contributed by atoms with Crippen LogP contribution in [0, 0.1) is 13.0 Å². The minimum atomic E-state index is 0. The first-order chi connectivity index (χ1) is 10.8. The Balaban J connectivity index is 0.00000144. The zero-order chi connectivity index (χ0) is 15.2. The molecule has 0 N–H and O–H groups in total. The SMILES string of the molecule is Cc1cc[c-]c(N(Cc2ccccc2)Cc2ccccc2)c1.[Br-].[Mg+2]. The third-order valence-electron chi connectivity index (χ3n) is 3.72. The van der Waals surface area contributed by atoms with Gasteiger partial charge in [0.15, 0.2) is 0 Å². The second-order valence-corrected chi connectivity index (χ2v) is 5.58. The first-order valence-corrected chi connectivity index (χ1v) is 7.62. The summed E-state index contributed by atoms with van der Waals surface area (Å²) in [4.78, 5) is 2.37. The van der Waals surface area contributed by atoms with Gasteiger partial charge in [-0.15, -0.1) is 6.07 Å². The molecule has 0 unspecified atom stereocenters. The zero-order valence-corrected chi connectivity index (χ0v) is 17.0. The van der Waals surface area contributed by atoms with Crippen LogP contribution in [-0.4, -0.2) is 23.1 Å². The van der Waals surface area contributed by atoms with E-state index in [0.29, 0.717) is 0 Å². The molecule has 0 radical (unpaired) electrons. The number of hydrogen-bond donors (Lipinski definition) is 0. The van der Waals surface area contributed by atoms with Crippen molar-refractivity contribution in [3.8, 4) is 0 Å². The molecular formula is C21H20BrMgN. The second kappa shape index (κ2) is 10.5. The molecule has 0 heterocycles. The van der Waals surface area contributed by atoms with E-state index in [1.165, 1.54) is 16.7 Å². The number of benzene rings is 3. The number of halogens is 1. The summed E-state index contributed by atoms with van der Waals surface area (Å²) in [7, 11) is 0. The van der Waals surface area contributed by atoms with Gasteiger partial charge in [0, 0.05) is 13.1 Å². The Bertz CT molecular complexity index is 675. The van der Waals surface area contributed by atoms with Crippen LogP contribution in [-0.2, 0) is 13.1 Å². The Labute approximate surface area is 171 Å². The second-order valence-electron chi connectivity index (χ2n) is 5.58. The van der Waals surface area contributed by atoms with Crippen LogP contribution in [0.15, 0.2) is 78.9 Å². The van der Waals surface area contributed by atoms with Crippen LogP contribution >= 0.6 is 0 Å². The minimum absolute atomic E-state index is 0. The van der Waals surface area contributed by atoms with Gasteiger partial charge in [0.1, 0.15) is 0 Å². The van der Waals surface area contributed by atoms with E-state index in [1.54, 1.807) is 0 Å². The number of hydrogen-bond acceptors (Lipinski definition) is 1. The van der Waals surface area contributed by atoms with E-state index in [0.717, 1.165) is 18.8 Å². The van der Waals surface area contributed by atoms with Crippen LogP contribution in [0.25, 0.3) is 0 Å². The first kappa shape index (κ1) is 20.8. The van der Waals surface area contributed by atoms with Gasteiger partial charge in [0.2, 0.25) is 0 Å². The van der Waals surface area contributed by atoms with Gasteiger partial charge in [-0.05, 0) is 11.1 Å². The molecule has 1 nitrogen and oxygen atoms in total.